The second kappa shape index (κ2) is 34.5. The molecule has 0 bridgehead atoms. The SMILES string of the molecule is CC(O)COC(C)COC(C)CO.OCCOCCOCCOCCOCCOCCOCCOCCO. The van der Waals surface area contributed by atoms with Gasteiger partial charge in [0.25, 0.3) is 0 Å². The average molecular weight is 563 g/mol. The highest BCUT2D eigenvalue weighted by molar-refractivity contribution is 4.53. The molecule has 0 heterocycles. The van der Waals surface area contributed by atoms with Gasteiger partial charge in [-0.1, -0.05) is 0 Å². The zero-order valence-corrected chi connectivity index (χ0v) is 23.6. The molecule has 38 heavy (non-hydrogen) atoms. The maximum atomic E-state index is 8.92. The standard InChI is InChI=1S/C16H34O9.C9H20O4/c17-1-3-19-5-7-21-9-11-23-13-15-25-16-14-24-12-10-22-8-6-20-4-2-18;1-7(11)5-12-9(3)6-13-8(2)4-10/h17-18H,1-16H2;7-11H,4-6H2,1-3H3. The van der Waals surface area contributed by atoms with E-state index in [1.54, 1.807) is 13.8 Å². The van der Waals surface area contributed by atoms with Crippen LogP contribution >= 0.6 is 0 Å². The molecule has 0 saturated heterocycles. The Morgan fingerprint density at radius 3 is 0.974 bits per heavy atom. The minimum atomic E-state index is -0.447. The van der Waals surface area contributed by atoms with Crippen molar-refractivity contribution < 1.29 is 63.1 Å². The van der Waals surface area contributed by atoms with Crippen LogP contribution in [0.25, 0.3) is 0 Å². The van der Waals surface area contributed by atoms with Gasteiger partial charge in [-0.25, -0.2) is 0 Å². The molecule has 4 N–H and O–H groups in total. The molecular formula is C25H54O13. The second-order valence-electron chi connectivity index (χ2n) is 8.05. The predicted molar refractivity (Wildman–Crippen MR) is 139 cm³/mol. The van der Waals surface area contributed by atoms with E-state index in [0.29, 0.717) is 106 Å². The normalized spacial score (nSPS) is 13.7. The van der Waals surface area contributed by atoms with Gasteiger partial charge in [0.05, 0.1) is 144 Å². The topological polar surface area (TPSA) is 164 Å². The summed E-state index contributed by atoms with van der Waals surface area (Å²) in [6.07, 6.45) is -0.654. The van der Waals surface area contributed by atoms with Crippen LogP contribution in [0.15, 0.2) is 0 Å². The van der Waals surface area contributed by atoms with Gasteiger partial charge in [0, 0.05) is 0 Å². The molecule has 0 aliphatic rings. The van der Waals surface area contributed by atoms with Crippen LogP contribution in [-0.4, -0.2) is 164 Å². The van der Waals surface area contributed by atoms with Gasteiger partial charge < -0.3 is 63.1 Å². The Hall–Kier alpha value is -0.520. The smallest absolute Gasteiger partial charge is 0.0781 e. The molecule has 0 spiro atoms. The van der Waals surface area contributed by atoms with Gasteiger partial charge in [-0.2, -0.15) is 0 Å². The third kappa shape index (κ3) is 37.6. The molecule has 0 fully saturated rings. The molecule has 0 aromatic rings. The summed E-state index contributed by atoms with van der Waals surface area (Å²) in [4.78, 5) is 0. The maximum Gasteiger partial charge on any atom is 0.0781 e. The Labute approximate surface area is 228 Å². The summed E-state index contributed by atoms with van der Waals surface area (Å²) in [5.74, 6) is 0. The van der Waals surface area contributed by atoms with Crippen LogP contribution in [0.5, 0.6) is 0 Å². The van der Waals surface area contributed by atoms with Crippen molar-refractivity contribution in [3.05, 3.63) is 0 Å². The quantitative estimate of drug-likeness (QED) is 0.0843. The van der Waals surface area contributed by atoms with E-state index in [0.717, 1.165) is 0 Å². The zero-order valence-electron chi connectivity index (χ0n) is 23.6. The number of aliphatic hydroxyl groups is 4. The van der Waals surface area contributed by atoms with Gasteiger partial charge in [0.2, 0.25) is 0 Å². The Bertz CT molecular complexity index is 397. The molecule has 13 heteroatoms. The fraction of sp³-hybridized carbons (Fsp3) is 1.00. The number of hydrogen-bond acceptors (Lipinski definition) is 13. The largest absolute Gasteiger partial charge is 0.394 e. The van der Waals surface area contributed by atoms with Gasteiger partial charge in [0.1, 0.15) is 0 Å². The van der Waals surface area contributed by atoms with Crippen LogP contribution in [0.2, 0.25) is 0 Å². The molecule has 0 rings (SSSR count). The fourth-order valence-corrected chi connectivity index (χ4v) is 2.25. The predicted octanol–water partition coefficient (Wildman–Crippen LogP) is -0.743. The Balaban J connectivity index is 0. The lowest BCUT2D eigenvalue weighted by Crippen LogP contribution is -2.24. The van der Waals surface area contributed by atoms with Crippen LogP contribution in [-0.2, 0) is 42.6 Å². The van der Waals surface area contributed by atoms with Crippen molar-refractivity contribution in [1.82, 2.24) is 0 Å². The molecule has 13 nitrogen and oxygen atoms in total. The van der Waals surface area contributed by atoms with E-state index in [9.17, 15) is 0 Å². The van der Waals surface area contributed by atoms with Gasteiger partial charge in [-0.05, 0) is 20.8 Å². The lowest BCUT2D eigenvalue weighted by atomic mass is 10.4. The molecule has 0 amide bonds. The molecular weight excluding hydrogens is 508 g/mol. The summed E-state index contributed by atoms with van der Waals surface area (Å²) in [5.41, 5.74) is 0. The van der Waals surface area contributed by atoms with Crippen molar-refractivity contribution in [2.45, 2.75) is 39.1 Å². The summed E-state index contributed by atoms with van der Waals surface area (Å²) in [6.45, 7) is 12.9. The highest BCUT2D eigenvalue weighted by Gasteiger charge is 2.07. The Morgan fingerprint density at radius 1 is 0.421 bits per heavy atom. The van der Waals surface area contributed by atoms with E-state index in [1.807, 2.05) is 6.92 Å². The number of ether oxygens (including phenoxy) is 9. The van der Waals surface area contributed by atoms with E-state index < -0.39 is 6.10 Å². The molecule has 0 saturated carbocycles. The van der Waals surface area contributed by atoms with Crippen LogP contribution in [0.4, 0.5) is 0 Å². The zero-order chi connectivity index (χ0) is 28.5. The highest BCUT2D eigenvalue weighted by Crippen LogP contribution is 1.97. The molecule has 3 unspecified atom stereocenters. The Morgan fingerprint density at radius 2 is 0.711 bits per heavy atom. The van der Waals surface area contributed by atoms with E-state index in [-0.39, 0.29) is 32.0 Å². The van der Waals surface area contributed by atoms with Crippen LogP contribution in [0.1, 0.15) is 20.8 Å². The third-order valence-corrected chi connectivity index (χ3v) is 4.20. The van der Waals surface area contributed by atoms with Gasteiger partial charge in [-0.15, -0.1) is 0 Å². The monoisotopic (exact) mass is 562 g/mol. The van der Waals surface area contributed by atoms with E-state index in [4.69, 9.17) is 63.1 Å². The van der Waals surface area contributed by atoms with Gasteiger partial charge in [-0.3, -0.25) is 0 Å². The number of aliphatic hydroxyl groups excluding tert-OH is 4. The van der Waals surface area contributed by atoms with Crippen LogP contribution < -0.4 is 0 Å². The minimum Gasteiger partial charge on any atom is -0.394 e. The first kappa shape index (κ1) is 39.6. The van der Waals surface area contributed by atoms with Crippen LogP contribution in [0, 0.1) is 0 Å². The summed E-state index contributed by atoms with van der Waals surface area (Å²) < 4.78 is 47.2. The summed E-state index contributed by atoms with van der Waals surface area (Å²) in [5, 5.41) is 34.6. The first-order valence-electron chi connectivity index (χ1n) is 13.3. The fourth-order valence-electron chi connectivity index (χ4n) is 2.25. The summed E-state index contributed by atoms with van der Waals surface area (Å²) in [6, 6.07) is 0. The first-order chi connectivity index (χ1) is 18.5. The molecule has 0 radical (unpaired) electrons. The minimum absolute atomic E-state index is 0.0170. The lowest BCUT2D eigenvalue weighted by Gasteiger charge is -2.16. The van der Waals surface area contributed by atoms with Crippen molar-refractivity contribution >= 4 is 0 Å². The van der Waals surface area contributed by atoms with Crippen molar-refractivity contribution in [2.75, 3.05) is 126 Å². The number of hydrogen-bond donors (Lipinski definition) is 4. The first-order valence-corrected chi connectivity index (χ1v) is 13.3. The van der Waals surface area contributed by atoms with Crippen molar-refractivity contribution in [2.24, 2.45) is 0 Å². The second-order valence-corrected chi connectivity index (χ2v) is 8.05. The van der Waals surface area contributed by atoms with Gasteiger partial charge in [0.15, 0.2) is 0 Å². The van der Waals surface area contributed by atoms with E-state index in [1.165, 1.54) is 0 Å². The Kier molecular flexibility index (Phi) is 36.0. The third-order valence-electron chi connectivity index (χ3n) is 4.20. The molecule has 0 aromatic heterocycles. The molecule has 0 aliphatic heterocycles. The van der Waals surface area contributed by atoms with E-state index in [2.05, 4.69) is 0 Å². The van der Waals surface area contributed by atoms with Gasteiger partial charge >= 0.3 is 0 Å². The average Bonchev–Trinajstić information content (AvgIpc) is 2.91. The highest BCUT2D eigenvalue weighted by atomic mass is 16.6. The molecule has 0 aliphatic carbocycles. The maximum absolute atomic E-state index is 8.92. The van der Waals surface area contributed by atoms with Crippen molar-refractivity contribution in [1.29, 1.82) is 0 Å². The van der Waals surface area contributed by atoms with Crippen molar-refractivity contribution in [3.8, 4) is 0 Å². The summed E-state index contributed by atoms with van der Waals surface area (Å²) >= 11 is 0. The van der Waals surface area contributed by atoms with Crippen LogP contribution in [0.3, 0.4) is 0 Å². The lowest BCUT2D eigenvalue weighted by molar-refractivity contribution is -0.0620. The molecule has 232 valence electrons. The van der Waals surface area contributed by atoms with E-state index >= 15 is 0 Å². The summed E-state index contributed by atoms with van der Waals surface area (Å²) in [7, 11) is 0. The molecule has 0 aromatic carbocycles. The molecule has 3 atom stereocenters. The number of rotatable bonds is 29. The van der Waals surface area contributed by atoms with Crippen molar-refractivity contribution in [3.63, 3.8) is 0 Å².